The Kier molecular flexibility index (Phi) is 3.55. The fourth-order valence-electron chi connectivity index (χ4n) is 2.56. The summed E-state index contributed by atoms with van der Waals surface area (Å²) >= 11 is 0. The predicted octanol–water partition coefficient (Wildman–Crippen LogP) is 3.28. The third-order valence-corrected chi connectivity index (χ3v) is 3.50. The molecule has 0 unspecified atom stereocenters. The summed E-state index contributed by atoms with van der Waals surface area (Å²) in [6, 6.07) is 17.1. The predicted molar refractivity (Wildman–Crippen MR) is 85.2 cm³/mol. The van der Waals surface area contributed by atoms with E-state index in [0.717, 1.165) is 16.8 Å². The molecule has 2 aromatic heterocycles. The largest absolute Gasteiger partial charge is 0.325 e. The van der Waals surface area contributed by atoms with Gasteiger partial charge in [0.25, 0.3) is 5.56 Å². The first kappa shape index (κ1) is 13.8. The van der Waals surface area contributed by atoms with Crippen LogP contribution in [0.25, 0.3) is 22.4 Å². The molecule has 106 valence electrons. The summed E-state index contributed by atoms with van der Waals surface area (Å²) in [5.74, 6) is 0. The highest BCUT2D eigenvalue weighted by molar-refractivity contribution is 5.86. The van der Waals surface area contributed by atoms with Gasteiger partial charge in [-0.1, -0.05) is 36.4 Å². The van der Waals surface area contributed by atoms with Crippen LogP contribution in [0.3, 0.4) is 0 Å². The second-order valence-electron chi connectivity index (χ2n) is 4.90. The molecule has 1 aromatic carbocycles. The first-order valence-electron chi connectivity index (χ1n) is 6.86. The van der Waals surface area contributed by atoms with Gasteiger partial charge < -0.3 is 4.98 Å². The molecule has 0 aliphatic carbocycles. The van der Waals surface area contributed by atoms with E-state index < -0.39 is 0 Å². The van der Waals surface area contributed by atoms with Gasteiger partial charge in [-0.3, -0.25) is 9.78 Å². The van der Waals surface area contributed by atoms with Gasteiger partial charge in [0.2, 0.25) is 0 Å². The lowest BCUT2D eigenvalue weighted by Gasteiger charge is -2.13. The van der Waals surface area contributed by atoms with Crippen LogP contribution in [0, 0.1) is 18.3 Å². The van der Waals surface area contributed by atoms with Crippen molar-refractivity contribution in [3.8, 4) is 28.5 Å². The van der Waals surface area contributed by atoms with Crippen molar-refractivity contribution in [1.29, 1.82) is 5.26 Å². The Balaban J connectivity index is 2.45. The molecule has 0 amide bonds. The van der Waals surface area contributed by atoms with Crippen molar-refractivity contribution in [2.45, 2.75) is 6.92 Å². The molecule has 3 aromatic rings. The SMILES string of the molecule is Cc1[nH]c(=O)c(C#N)c(-c2ccccn2)c1-c1ccccc1. The topological polar surface area (TPSA) is 69.5 Å². The van der Waals surface area contributed by atoms with Crippen molar-refractivity contribution < 1.29 is 0 Å². The summed E-state index contributed by atoms with van der Waals surface area (Å²) in [7, 11) is 0. The standard InChI is InChI=1S/C18H13N3O/c1-12-16(13-7-3-2-4-8-13)17(14(11-19)18(22)21-12)15-9-5-6-10-20-15/h2-10H,1H3,(H,21,22). The number of nitrogens with one attached hydrogen (secondary N) is 1. The van der Waals surface area contributed by atoms with E-state index in [0.29, 0.717) is 11.3 Å². The van der Waals surface area contributed by atoms with Gasteiger partial charge in [-0.05, 0) is 24.6 Å². The Morgan fingerprint density at radius 2 is 1.77 bits per heavy atom. The quantitative estimate of drug-likeness (QED) is 0.786. The van der Waals surface area contributed by atoms with Crippen molar-refractivity contribution in [3.05, 3.63) is 76.3 Å². The van der Waals surface area contributed by atoms with Crippen molar-refractivity contribution in [2.75, 3.05) is 0 Å². The average Bonchev–Trinajstić information content (AvgIpc) is 2.56. The Hall–Kier alpha value is -3.19. The summed E-state index contributed by atoms with van der Waals surface area (Å²) in [6.45, 7) is 1.83. The maximum absolute atomic E-state index is 12.1. The van der Waals surface area contributed by atoms with Gasteiger partial charge >= 0.3 is 0 Å². The van der Waals surface area contributed by atoms with Crippen LogP contribution in [0.1, 0.15) is 11.3 Å². The lowest BCUT2D eigenvalue weighted by Crippen LogP contribution is -2.15. The van der Waals surface area contributed by atoms with Gasteiger partial charge in [-0.25, -0.2) is 0 Å². The fraction of sp³-hybridized carbons (Fsp3) is 0.0556. The summed E-state index contributed by atoms with van der Waals surface area (Å²) in [5.41, 5.74) is 3.38. The minimum atomic E-state index is -0.389. The Morgan fingerprint density at radius 3 is 2.41 bits per heavy atom. The number of benzene rings is 1. The number of pyridine rings is 2. The number of nitriles is 1. The molecule has 0 fully saturated rings. The molecular weight excluding hydrogens is 274 g/mol. The Labute approximate surface area is 127 Å². The second kappa shape index (κ2) is 5.66. The van der Waals surface area contributed by atoms with E-state index in [1.165, 1.54) is 0 Å². The van der Waals surface area contributed by atoms with Crippen LogP contribution in [-0.4, -0.2) is 9.97 Å². The Morgan fingerprint density at radius 1 is 1.05 bits per heavy atom. The molecule has 0 saturated heterocycles. The van der Waals surface area contributed by atoms with Gasteiger partial charge in [0, 0.05) is 23.0 Å². The molecule has 0 atom stereocenters. The van der Waals surface area contributed by atoms with Crippen LogP contribution in [0.5, 0.6) is 0 Å². The van der Waals surface area contributed by atoms with Gasteiger partial charge in [0.1, 0.15) is 11.6 Å². The Bertz CT molecular complexity index is 907. The highest BCUT2D eigenvalue weighted by atomic mass is 16.1. The van der Waals surface area contributed by atoms with Crippen LogP contribution in [0.4, 0.5) is 0 Å². The maximum Gasteiger partial charge on any atom is 0.266 e. The lowest BCUT2D eigenvalue weighted by atomic mass is 9.93. The van der Waals surface area contributed by atoms with E-state index in [1.807, 2.05) is 55.5 Å². The number of aromatic nitrogens is 2. The van der Waals surface area contributed by atoms with E-state index in [1.54, 1.807) is 12.3 Å². The zero-order valence-electron chi connectivity index (χ0n) is 12.0. The molecule has 4 nitrogen and oxygen atoms in total. The molecule has 0 aliphatic heterocycles. The number of aryl methyl sites for hydroxylation is 1. The van der Waals surface area contributed by atoms with Crippen molar-refractivity contribution >= 4 is 0 Å². The molecule has 0 radical (unpaired) electrons. The summed E-state index contributed by atoms with van der Waals surface area (Å²) in [6.07, 6.45) is 1.65. The van der Waals surface area contributed by atoms with Gasteiger partial charge in [0.05, 0.1) is 5.69 Å². The second-order valence-corrected chi connectivity index (χ2v) is 4.90. The maximum atomic E-state index is 12.1. The van der Waals surface area contributed by atoms with Crippen LogP contribution < -0.4 is 5.56 Å². The van der Waals surface area contributed by atoms with Crippen LogP contribution >= 0.6 is 0 Å². The molecule has 22 heavy (non-hydrogen) atoms. The molecule has 0 spiro atoms. The minimum Gasteiger partial charge on any atom is -0.325 e. The third kappa shape index (κ3) is 2.29. The van der Waals surface area contributed by atoms with Crippen LogP contribution in [0.2, 0.25) is 0 Å². The fourth-order valence-corrected chi connectivity index (χ4v) is 2.56. The van der Waals surface area contributed by atoms with Crippen LogP contribution in [0.15, 0.2) is 59.5 Å². The lowest BCUT2D eigenvalue weighted by molar-refractivity contribution is 1.13. The van der Waals surface area contributed by atoms with Crippen molar-refractivity contribution in [3.63, 3.8) is 0 Å². The highest BCUT2D eigenvalue weighted by Gasteiger charge is 2.19. The number of nitrogens with zero attached hydrogens (tertiary/aromatic N) is 2. The average molecular weight is 287 g/mol. The summed E-state index contributed by atoms with van der Waals surface area (Å²) in [4.78, 5) is 19.2. The van der Waals surface area contributed by atoms with E-state index in [2.05, 4.69) is 9.97 Å². The van der Waals surface area contributed by atoms with Crippen molar-refractivity contribution in [2.24, 2.45) is 0 Å². The molecule has 3 rings (SSSR count). The molecule has 2 heterocycles. The first-order valence-corrected chi connectivity index (χ1v) is 6.86. The molecule has 1 N–H and O–H groups in total. The van der Waals surface area contributed by atoms with E-state index in [-0.39, 0.29) is 11.1 Å². The summed E-state index contributed by atoms with van der Waals surface area (Å²) < 4.78 is 0. The van der Waals surface area contributed by atoms with Gasteiger partial charge in [0.15, 0.2) is 0 Å². The number of aromatic amines is 1. The van der Waals surface area contributed by atoms with E-state index in [9.17, 15) is 10.1 Å². The number of H-pyrrole nitrogens is 1. The molecule has 4 heteroatoms. The highest BCUT2D eigenvalue weighted by Crippen LogP contribution is 2.33. The van der Waals surface area contributed by atoms with Crippen LogP contribution in [-0.2, 0) is 0 Å². The number of hydrogen-bond acceptors (Lipinski definition) is 3. The normalized spacial score (nSPS) is 10.2. The third-order valence-electron chi connectivity index (χ3n) is 3.50. The van der Waals surface area contributed by atoms with Gasteiger partial charge in [-0.2, -0.15) is 5.26 Å². The zero-order chi connectivity index (χ0) is 15.5. The minimum absolute atomic E-state index is 0.0863. The van der Waals surface area contributed by atoms with Crippen molar-refractivity contribution in [1.82, 2.24) is 9.97 Å². The molecule has 0 aliphatic rings. The van der Waals surface area contributed by atoms with E-state index in [4.69, 9.17) is 0 Å². The monoisotopic (exact) mass is 287 g/mol. The van der Waals surface area contributed by atoms with E-state index >= 15 is 0 Å². The number of rotatable bonds is 2. The molecule has 0 saturated carbocycles. The zero-order valence-corrected chi connectivity index (χ0v) is 12.0. The number of hydrogen-bond donors (Lipinski definition) is 1. The molecule has 0 bridgehead atoms. The van der Waals surface area contributed by atoms with Gasteiger partial charge in [-0.15, -0.1) is 0 Å². The molecular formula is C18H13N3O. The summed E-state index contributed by atoms with van der Waals surface area (Å²) in [5, 5.41) is 9.43. The first-order chi connectivity index (χ1) is 10.7. The smallest absolute Gasteiger partial charge is 0.266 e.